The molecule has 0 radical (unpaired) electrons. The van der Waals surface area contributed by atoms with Crippen LogP contribution in [0.5, 0.6) is 5.75 Å². The quantitative estimate of drug-likeness (QED) is 0.412. The minimum atomic E-state index is 0. The number of hydrogen-bond acceptors (Lipinski definition) is 3. The van der Waals surface area contributed by atoms with Crippen LogP contribution in [-0.4, -0.2) is 44.1 Å². The van der Waals surface area contributed by atoms with Crippen molar-refractivity contribution in [2.75, 3.05) is 38.6 Å². The molecule has 0 amide bonds. The van der Waals surface area contributed by atoms with E-state index in [1.807, 2.05) is 24.3 Å². The van der Waals surface area contributed by atoms with Gasteiger partial charge in [0.1, 0.15) is 5.75 Å². The topological polar surface area (TPSA) is 62.9 Å². The Balaban J connectivity index is 0.00000264. The largest absolute Gasteiger partial charge is 0.497 e. The first-order valence-electron chi connectivity index (χ1n) is 8.10. The number of hydrogen-bond donors (Lipinski definition) is 2. The number of nitrogens with one attached hydrogen (secondary N) is 1. The van der Waals surface area contributed by atoms with Gasteiger partial charge in [-0.1, -0.05) is 19.4 Å². The summed E-state index contributed by atoms with van der Waals surface area (Å²) < 4.78 is 5.19. The van der Waals surface area contributed by atoms with E-state index < -0.39 is 0 Å². The summed E-state index contributed by atoms with van der Waals surface area (Å²) in [6.07, 6.45) is 4.03. The summed E-state index contributed by atoms with van der Waals surface area (Å²) in [5.74, 6) is 1.78. The smallest absolute Gasteiger partial charge is 0.193 e. The van der Waals surface area contributed by atoms with Crippen LogP contribution in [0.4, 0.5) is 5.69 Å². The third-order valence-corrected chi connectivity index (χ3v) is 3.93. The first-order valence-corrected chi connectivity index (χ1v) is 8.10. The number of anilines is 1. The number of rotatable bonds is 6. The Kier molecular flexibility index (Phi) is 9.31. The molecule has 1 saturated heterocycles. The number of ether oxygens (including phenoxy) is 1. The Morgan fingerprint density at radius 3 is 2.78 bits per heavy atom. The number of methoxy groups -OCH3 is 1. The first-order chi connectivity index (χ1) is 10.7. The van der Waals surface area contributed by atoms with Crippen molar-refractivity contribution in [3.05, 3.63) is 24.3 Å². The van der Waals surface area contributed by atoms with E-state index in [0.29, 0.717) is 11.9 Å². The summed E-state index contributed by atoms with van der Waals surface area (Å²) in [6.45, 7) is 6.55. The molecule has 3 N–H and O–H groups in total. The van der Waals surface area contributed by atoms with Gasteiger partial charge in [0.15, 0.2) is 5.96 Å². The Labute approximate surface area is 156 Å². The van der Waals surface area contributed by atoms with E-state index >= 15 is 0 Å². The molecule has 1 atom stereocenters. The minimum Gasteiger partial charge on any atom is -0.497 e. The fraction of sp³-hybridized carbons (Fsp3) is 0.588. The van der Waals surface area contributed by atoms with Gasteiger partial charge >= 0.3 is 0 Å². The molecule has 1 heterocycles. The molecule has 1 aliphatic rings. The number of guanidine groups is 1. The molecule has 0 aromatic heterocycles. The lowest BCUT2D eigenvalue weighted by Gasteiger charge is -2.28. The Hall–Kier alpha value is -1.02. The molecular weight excluding hydrogens is 403 g/mol. The molecule has 0 saturated carbocycles. The fourth-order valence-corrected chi connectivity index (χ4v) is 2.78. The van der Waals surface area contributed by atoms with Crippen LogP contribution in [0, 0.1) is 5.92 Å². The summed E-state index contributed by atoms with van der Waals surface area (Å²) in [4.78, 5) is 6.99. The van der Waals surface area contributed by atoms with Gasteiger partial charge in [-0.05, 0) is 44.0 Å². The third-order valence-electron chi connectivity index (χ3n) is 3.93. The second-order valence-corrected chi connectivity index (χ2v) is 6.05. The lowest BCUT2D eigenvalue weighted by molar-refractivity contribution is 0.203. The van der Waals surface area contributed by atoms with Crippen molar-refractivity contribution >= 4 is 35.6 Å². The van der Waals surface area contributed by atoms with Crippen LogP contribution in [0.2, 0.25) is 0 Å². The molecular formula is C17H29IN4O. The average Bonchev–Trinajstić information content (AvgIpc) is 2.54. The summed E-state index contributed by atoms with van der Waals surface area (Å²) in [5.41, 5.74) is 6.86. The molecule has 1 aromatic carbocycles. The zero-order valence-corrected chi connectivity index (χ0v) is 16.5. The van der Waals surface area contributed by atoms with Gasteiger partial charge in [-0.25, -0.2) is 0 Å². The standard InChI is InChI=1S/C17H28N4O.HI/c1-14(13-21-9-4-3-5-10-21)12-19-17(18)20-15-7-6-8-16(11-15)22-2;/h6-8,11,14H,3-5,9-10,12-13H2,1-2H3,(H3,18,19,20);1H. The van der Waals surface area contributed by atoms with Crippen LogP contribution in [-0.2, 0) is 0 Å². The van der Waals surface area contributed by atoms with Crippen molar-refractivity contribution in [3.8, 4) is 5.75 Å². The maximum absolute atomic E-state index is 5.96. The van der Waals surface area contributed by atoms with E-state index in [4.69, 9.17) is 10.5 Å². The Morgan fingerprint density at radius 2 is 2.09 bits per heavy atom. The lowest BCUT2D eigenvalue weighted by atomic mass is 10.1. The van der Waals surface area contributed by atoms with Crippen molar-refractivity contribution in [2.45, 2.75) is 26.2 Å². The number of likely N-dealkylation sites (tertiary alicyclic amines) is 1. The first kappa shape index (κ1) is 20.0. The van der Waals surface area contributed by atoms with Gasteiger partial charge in [-0.2, -0.15) is 0 Å². The van der Waals surface area contributed by atoms with Gasteiger partial charge in [0.05, 0.1) is 7.11 Å². The maximum atomic E-state index is 5.96. The lowest BCUT2D eigenvalue weighted by Crippen LogP contribution is -2.34. The van der Waals surface area contributed by atoms with Crippen molar-refractivity contribution in [1.29, 1.82) is 0 Å². The summed E-state index contributed by atoms with van der Waals surface area (Å²) in [7, 11) is 1.65. The number of piperidine rings is 1. The Morgan fingerprint density at radius 1 is 1.35 bits per heavy atom. The maximum Gasteiger partial charge on any atom is 0.193 e. The van der Waals surface area contributed by atoms with Crippen LogP contribution in [0.15, 0.2) is 29.3 Å². The molecule has 1 unspecified atom stereocenters. The van der Waals surface area contributed by atoms with Gasteiger partial charge < -0.3 is 20.7 Å². The van der Waals surface area contributed by atoms with Crippen LogP contribution in [0.1, 0.15) is 26.2 Å². The fourth-order valence-electron chi connectivity index (χ4n) is 2.78. The highest BCUT2D eigenvalue weighted by atomic mass is 127. The summed E-state index contributed by atoms with van der Waals surface area (Å²) >= 11 is 0. The second kappa shape index (κ2) is 10.7. The third kappa shape index (κ3) is 7.39. The molecule has 130 valence electrons. The molecule has 0 aliphatic carbocycles. The van der Waals surface area contributed by atoms with E-state index in [1.165, 1.54) is 32.4 Å². The van der Waals surface area contributed by atoms with E-state index in [0.717, 1.165) is 24.5 Å². The summed E-state index contributed by atoms with van der Waals surface area (Å²) in [5, 5.41) is 3.11. The van der Waals surface area contributed by atoms with Gasteiger partial charge in [-0.15, -0.1) is 24.0 Å². The van der Waals surface area contributed by atoms with Gasteiger partial charge in [0, 0.05) is 24.8 Å². The van der Waals surface area contributed by atoms with Crippen LogP contribution in [0.3, 0.4) is 0 Å². The zero-order chi connectivity index (χ0) is 15.8. The molecule has 2 rings (SSSR count). The number of aliphatic imine (C=N–C) groups is 1. The SMILES string of the molecule is COc1cccc(NC(N)=NCC(C)CN2CCCCC2)c1.I. The highest BCUT2D eigenvalue weighted by Gasteiger charge is 2.13. The zero-order valence-electron chi connectivity index (χ0n) is 14.1. The van der Waals surface area contributed by atoms with Crippen molar-refractivity contribution in [3.63, 3.8) is 0 Å². The minimum absolute atomic E-state index is 0. The van der Waals surface area contributed by atoms with Crippen LogP contribution >= 0.6 is 24.0 Å². The molecule has 1 aromatic rings. The molecule has 1 fully saturated rings. The number of nitrogens with two attached hydrogens (primary N) is 1. The van der Waals surface area contributed by atoms with Gasteiger partial charge in [0.2, 0.25) is 0 Å². The van der Waals surface area contributed by atoms with Gasteiger partial charge in [-0.3, -0.25) is 4.99 Å². The molecule has 0 bridgehead atoms. The predicted octanol–water partition coefficient (Wildman–Crippen LogP) is 3.16. The van der Waals surface area contributed by atoms with E-state index in [2.05, 4.69) is 22.1 Å². The molecule has 23 heavy (non-hydrogen) atoms. The monoisotopic (exact) mass is 432 g/mol. The van der Waals surface area contributed by atoms with Crippen LogP contribution in [0.25, 0.3) is 0 Å². The number of nitrogens with zero attached hydrogens (tertiary/aromatic N) is 2. The van der Waals surface area contributed by atoms with Gasteiger partial charge in [0.25, 0.3) is 0 Å². The van der Waals surface area contributed by atoms with Crippen molar-refractivity contribution in [2.24, 2.45) is 16.6 Å². The normalized spacial score (nSPS) is 17.2. The highest BCUT2D eigenvalue weighted by molar-refractivity contribution is 14.0. The molecule has 6 heteroatoms. The molecule has 0 spiro atoms. The van der Waals surface area contributed by atoms with Crippen molar-refractivity contribution in [1.82, 2.24) is 4.90 Å². The Bertz CT molecular complexity index is 489. The average molecular weight is 432 g/mol. The van der Waals surface area contributed by atoms with E-state index in [-0.39, 0.29) is 24.0 Å². The van der Waals surface area contributed by atoms with E-state index in [9.17, 15) is 0 Å². The molecule has 5 nitrogen and oxygen atoms in total. The van der Waals surface area contributed by atoms with Crippen molar-refractivity contribution < 1.29 is 4.74 Å². The summed E-state index contributed by atoms with van der Waals surface area (Å²) in [6, 6.07) is 7.67. The highest BCUT2D eigenvalue weighted by Crippen LogP contribution is 2.16. The number of benzene rings is 1. The number of halogens is 1. The molecule has 1 aliphatic heterocycles. The van der Waals surface area contributed by atoms with Crippen LogP contribution < -0.4 is 15.8 Å². The van der Waals surface area contributed by atoms with E-state index in [1.54, 1.807) is 7.11 Å². The second-order valence-electron chi connectivity index (χ2n) is 6.05. The predicted molar refractivity (Wildman–Crippen MR) is 108 cm³/mol.